The molecular weight excluding hydrogens is 266 g/mol. The second kappa shape index (κ2) is 6.88. The summed E-state index contributed by atoms with van der Waals surface area (Å²) >= 11 is 0. The highest BCUT2D eigenvalue weighted by molar-refractivity contribution is 7.85. The molecule has 1 atom stereocenters. The Morgan fingerprint density at radius 1 is 1.39 bits per heavy atom. The fourth-order valence-electron chi connectivity index (χ4n) is 1.25. The topological polar surface area (TPSA) is 102 Å². The zero-order valence-corrected chi connectivity index (χ0v) is 10.9. The van der Waals surface area contributed by atoms with Gasteiger partial charge in [0, 0.05) is 13.1 Å². The Balaban J connectivity index is 2.20. The summed E-state index contributed by atoms with van der Waals surface area (Å²) < 4.78 is 35.6. The van der Waals surface area contributed by atoms with Crippen molar-refractivity contribution >= 4 is 16.2 Å². The number of aliphatic hydroxyl groups excluding tert-OH is 1. The summed E-state index contributed by atoms with van der Waals surface area (Å²) in [6.45, 7) is 1.04. The summed E-state index contributed by atoms with van der Waals surface area (Å²) in [5.41, 5.74) is 0. The van der Waals surface area contributed by atoms with E-state index in [2.05, 4.69) is 4.18 Å². The van der Waals surface area contributed by atoms with Crippen molar-refractivity contribution in [2.24, 2.45) is 0 Å². The molecule has 0 saturated carbocycles. The van der Waals surface area contributed by atoms with Gasteiger partial charge in [-0.2, -0.15) is 8.42 Å². The normalized spacial score (nSPS) is 18.4. The Labute approximate surface area is 106 Å². The lowest BCUT2D eigenvalue weighted by Crippen LogP contribution is -2.42. The van der Waals surface area contributed by atoms with E-state index in [1.54, 1.807) is 0 Å². The average molecular weight is 283 g/mol. The van der Waals surface area contributed by atoms with Gasteiger partial charge in [-0.15, -0.1) is 0 Å². The van der Waals surface area contributed by atoms with Crippen LogP contribution in [0.25, 0.3) is 0 Å². The number of nitrogens with zero attached hydrogens (tertiary/aromatic N) is 1. The molecule has 1 amide bonds. The quantitative estimate of drug-likeness (QED) is 0.632. The van der Waals surface area contributed by atoms with E-state index >= 15 is 0 Å². The fraction of sp³-hybridized carbons (Fsp3) is 0.889. The molecule has 0 aliphatic carbocycles. The van der Waals surface area contributed by atoms with Gasteiger partial charge in [-0.05, 0) is 0 Å². The Morgan fingerprint density at radius 3 is 2.56 bits per heavy atom. The molecule has 1 rings (SSSR count). The second-order valence-corrected chi connectivity index (χ2v) is 5.46. The number of hydrogen-bond donors (Lipinski definition) is 1. The van der Waals surface area contributed by atoms with Gasteiger partial charge in [0.25, 0.3) is 10.1 Å². The van der Waals surface area contributed by atoms with Crippen molar-refractivity contribution in [3.05, 3.63) is 0 Å². The number of aliphatic hydroxyl groups is 1. The lowest BCUT2D eigenvalue weighted by Gasteiger charge is -2.26. The first-order valence-electron chi connectivity index (χ1n) is 5.40. The molecule has 0 bridgehead atoms. The van der Waals surface area contributed by atoms with Crippen LogP contribution in [0.2, 0.25) is 0 Å². The minimum absolute atomic E-state index is 0.314. The lowest BCUT2D eigenvalue weighted by atomic mass is 10.4. The molecule has 0 spiro atoms. The van der Waals surface area contributed by atoms with E-state index in [1.165, 1.54) is 4.90 Å². The molecule has 1 heterocycles. The first-order chi connectivity index (χ1) is 8.38. The van der Waals surface area contributed by atoms with Gasteiger partial charge in [-0.25, -0.2) is 4.79 Å². The third kappa shape index (κ3) is 6.15. The highest BCUT2D eigenvalue weighted by atomic mass is 32.2. The van der Waals surface area contributed by atoms with Crippen LogP contribution in [0.1, 0.15) is 0 Å². The van der Waals surface area contributed by atoms with Gasteiger partial charge in [-0.1, -0.05) is 0 Å². The minimum Gasteiger partial charge on any atom is -0.447 e. The van der Waals surface area contributed by atoms with Crippen molar-refractivity contribution in [1.29, 1.82) is 0 Å². The molecule has 1 aliphatic rings. The Morgan fingerprint density at radius 2 is 2.00 bits per heavy atom. The van der Waals surface area contributed by atoms with Gasteiger partial charge in [0.15, 0.2) is 0 Å². The van der Waals surface area contributed by atoms with Gasteiger partial charge in [-0.3, -0.25) is 4.18 Å². The first-order valence-corrected chi connectivity index (χ1v) is 7.22. The first kappa shape index (κ1) is 15.2. The van der Waals surface area contributed by atoms with Crippen LogP contribution in [0.15, 0.2) is 0 Å². The zero-order valence-electron chi connectivity index (χ0n) is 10.1. The average Bonchev–Trinajstić information content (AvgIpc) is 2.33. The number of morpholine rings is 1. The standard InChI is InChI=1S/C9H17NO7S/c1-18(13,14)17-7-8(11)6-16-9(12)10-2-4-15-5-3-10/h8,11H,2-7H2,1H3. The summed E-state index contributed by atoms with van der Waals surface area (Å²) in [7, 11) is -3.61. The number of amides is 1. The van der Waals surface area contributed by atoms with Gasteiger partial charge in [0.05, 0.1) is 26.1 Å². The molecule has 106 valence electrons. The number of carbonyl (C=O) groups excluding carboxylic acids is 1. The van der Waals surface area contributed by atoms with Crippen LogP contribution in [-0.2, 0) is 23.8 Å². The third-order valence-corrected chi connectivity index (χ3v) is 2.71. The molecule has 1 saturated heterocycles. The smallest absolute Gasteiger partial charge is 0.410 e. The second-order valence-electron chi connectivity index (χ2n) is 3.82. The molecule has 18 heavy (non-hydrogen) atoms. The molecular formula is C9H17NO7S. The number of rotatable bonds is 5. The maximum atomic E-state index is 11.5. The highest BCUT2D eigenvalue weighted by Gasteiger charge is 2.19. The predicted molar refractivity (Wildman–Crippen MR) is 60.5 cm³/mol. The summed E-state index contributed by atoms with van der Waals surface area (Å²) in [5.74, 6) is 0. The van der Waals surface area contributed by atoms with Crippen molar-refractivity contribution in [1.82, 2.24) is 4.90 Å². The minimum atomic E-state index is -3.61. The van der Waals surface area contributed by atoms with E-state index < -0.39 is 28.9 Å². The number of carbonyl (C=O) groups is 1. The summed E-state index contributed by atoms with van der Waals surface area (Å²) in [6.07, 6.45) is -0.860. The van der Waals surface area contributed by atoms with Crippen molar-refractivity contribution in [3.63, 3.8) is 0 Å². The van der Waals surface area contributed by atoms with E-state index in [-0.39, 0.29) is 6.61 Å². The molecule has 1 N–H and O–H groups in total. The highest BCUT2D eigenvalue weighted by Crippen LogP contribution is 2.01. The van der Waals surface area contributed by atoms with Crippen molar-refractivity contribution in [2.75, 3.05) is 45.8 Å². The van der Waals surface area contributed by atoms with E-state index in [4.69, 9.17) is 9.47 Å². The summed E-state index contributed by atoms with van der Waals surface area (Å²) in [6, 6.07) is 0. The molecule has 1 aliphatic heterocycles. The molecule has 0 aromatic carbocycles. The molecule has 0 aromatic rings. The molecule has 0 radical (unpaired) electrons. The van der Waals surface area contributed by atoms with Crippen LogP contribution < -0.4 is 0 Å². The van der Waals surface area contributed by atoms with Crippen LogP contribution in [0.4, 0.5) is 4.79 Å². The fourth-order valence-corrected chi connectivity index (χ4v) is 1.66. The molecule has 9 heteroatoms. The Hall–Kier alpha value is -0.900. The van der Waals surface area contributed by atoms with Crippen LogP contribution in [0, 0.1) is 0 Å². The Bertz CT molecular complexity index is 363. The van der Waals surface area contributed by atoms with Crippen molar-refractivity contribution < 1.29 is 32.0 Å². The van der Waals surface area contributed by atoms with Crippen molar-refractivity contribution in [3.8, 4) is 0 Å². The predicted octanol–water partition coefficient (Wildman–Crippen LogP) is -1.21. The van der Waals surface area contributed by atoms with Crippen LogP contribution in [0.3, 0.4) is 0 Å². The zero-order chi connectivity index (χ0) is 13.6. The van der Waals surface area contributed by atoms with E-state index in [1.807, 2.05) is 0 Å². The van der Waals surface area contributed by atoms with Gasteiger partial charge in [0.2, 0.25) is 0 Å². The molecule has 1 fully saturated rings. The number of ether oxygens (including phenoxy) is 2. The SMILES string of the molecule is CS(=O)(=O)OCC(O)COC(=O)N1CCOCC1. The summed E-state index contributed by atoms with van der Waals surface area (Å²) in [5, 5.41) is 9.35. The molecule has 8 nitrogen and oxygen atoms in total. The maximum Gasteiger partial charge on any atom is 0.410 e. The number of hydrogen-bond acceptors (Lipinski definition) is 7. The van der Waals surface area contributed by atoms with E-state index in [0.717, 1.165) is 6.26 Å². The third-order valence-electron chi connectivity index (χ3n) is 2.14. The summed E-state index contributed by atoms with van der Waals surface area (Å²) in [4.78, 5) is 12.9. The monoisotopic (exact) mass is 283 g/mol. The van der Waals surface area contributed by atoms with Crippen LogP contribution >= 0.6 is 0 Å². The van der Waals surface area contributed by atoms with Gasteiger partial charge in [0.1, 0.15) is 12.7 Å². The molecule has 0 aromatic heterocycles. The lowest BCUT2D eigenvalue weighted by molar-refractivity contribution is 0.00289. The van der Waals surface area contributed by atoms with E-state index in [9.17, 15) is 18.3 Å². The maximum absolute atomic E-state index is 11.5. The van der Waals surface area contributed by atoms with Gasteiger partial charge >= 0.3 is 6.09 Å². The Kier molecular flexibility index (Phi) is 5.79. The van der Waals surface area contributed by atoms with Crippen LogP contribution in [-0.4, -0.2) is 76.4 Å². The van der Waals surface area contributed by atoms with Crippen LogP contribution in [0.5, 0.6) is 0 Å². The largest absolute Gasteiger partial charge is 0.447 e. The van der Waals surface area contributed by atoms with E-state index in [0.29, 0.717) is 26.3 Å². The van der Waals surface area contributed by atoms with Gasteiger partial charge < -0.3 is 19.5 Å². The van der Waals surface area contributed by atoms with Crippen molar-refractivity contribution in [2.45, 2.75) is 6.10 Å². The molecule has 1 unspecified atom stereocenters.